The third-order valence-corrected chi connectivity index (χ3v) is 4.14. The summed E-state index contributed by atoms with van der Waals surface area (Å²) in [5.74, 6) is 2.98. The Morgan fingerprint density at radius 2 is 2.29 bits per heavy atom. The Balaban J connectivity index is 1.53. The fraction of sp³-hybridized carbons (Fsp3) is 0.471. The van der Waals surface area contributed by atoms with Crippen LogP contribution in [0.1, 0.15) is 17.2 Å². The summed E-state index contributed by atoms with van der Waals surface area (Å²) in [5, 5.41) is 7.24. The molecule has 1 aliphatic heterocycles. The molecule has 1 aromatic carbocycles. The third kappa shape index (κ3) is 3.50. The molecule has 1 aliphatic rings. The lowest BCUT2D eigenvalue weighted by molar-refractivity contribution is -0.126. The van der Waals surface area contributed by atoms with E-state index >= 15 is 0 Å². The second kappa shape index (κ2) is 6.90. The Morgan fingerprint density at radius 3 is 3.00 bits per heavy atom. The van der Waals surface area contributed by atoms with Crippen LogP contribution in [0.2, 0.25) is 0 Å². The molecule has 2 aromatic rings. The van der Waals surface area contributed by atoms with Crippen molar-refractivity contribution in [2.75, 3.05) is 20.3 Å². The number of carbonyl (C=O) groups excluding carboxylic acids is 1. The lowest BCUT2D eigenvalue weighted by atomic mass is 9.96. The molecule has 0 aliphatic carbocycles. The number of aryl methyl sites for hydroxylation is 2. The number of nitrogens with one attached hydrogen (secondary N) is 1. The van der Waals surface area contributed by atoms with Gasteiger partial charge in [0.25, 0.3) is 0 Å². The predicted octanol–water partition coefficient (Wildman–Crippen LogP) is 1.27. The second-order valence-electron chi connectivity index (χ2n) is 5.91. The lowest BCUT2D eigenvalue weighted by Crippen LogP contribution is -2.38. The summed E-state index contributed by atoms with van der Waals surface area (Å²) in [5.41, 5.74) is 1.03. The zero-order valence-corrected chi connectivity index (χ0v) is 14.2. The van der Waals surface area contributed by atoms with Crippen molar-refractivity contribution in [1.29, 1.82) is 0 Å². The smallest absolute Gasteiger partial charge is 0.226 e. The summed E-state index contributed by atoms with van der Waals surface area (Å²) in [7, 11) is 1.62. The maximum absolute atomic E-state index is 12.4. The first-order valence-electron chi connectivity index (χ1n) is 8.02. The van der Waals surface area contributed by atoms with Gasteiger partial charge in [0, 0.05) is 12.6 Å². The first kappa shape index (κ1) is 16.3. The highest BCUT2D eigenvalue weighted by molar-refractivity contribution is 5.79. The quantitative estimate of drug-likeness (QED) is 0.893. The molecule has 1 amide bonds. The van der Waals surface area contributed by atoms with Gasteiger partial charge in [0.15, 0.2) is 0 Å². The third-order valence-electron chi connectivity index (χ3n) is 4.14. The number of nitrogens with zero attached hydrogens (tertiary/aromatic N) is 3. The van der Waals surface area contributed by atoms with Gasteiger partial charge in [-0.2, -0.15) is 5.10 Å². The average Bonchev–Trinajstić information content (AvgIpc) is 2.91. The summed E-state index contributed by atoms with van der Waals surface area (Å²) in [4.78, 5) is 16.6. The van der Waals surface area contributed by atoms with Crippen molar-refractivity contribution >= 4 is 5.91 Å². The number of benzene rings is 1. The van der Waals surface area contributed by atoms with Crippen LogP contribution in [0, 0.1) is 19.8 Å². The molecular weight excluding hydrogens is 308 g/mol. The average molecular weight is 330 g/mol. The maximum Gasteiger partial charge on any atom is 0.226 e. The minimum atomic E-state index is -0.176. The van der Waals surface area contributed by atoms with E-state index < -0.39 is 0 Å². The van der Waals surface area contributed by atoms with E-state index in [4.69, 9.17) is 9.47 Å². The van der Waals surface area contributed by atoms with Crippen LogP contribution in [0.5, 0.6) is 11.5 Å². The van der Waals surface area contributed by atoms with Crippen molar-refractivity contribution in [2.24, 2.45) is 5.92 Å². The van der Waals surface area contributed by atoms with Gasteiger partial charge in [-0.3, -0.25) is 4.79 Å². The van der Waals surface area contributed by atoms with E-state index in [1.807, 2.05) is 32.0 Å². The molecular formula is C17H22N4O3. The first-order chi connectivity index (χ1) is 11.6. The Labute approximate surface area is 141 Å². The first-order valence-corrected chi connectivity index (χ1v) is 8.02. The SMILES string of the molecule is COc1ccc2c(c1)OCC(C(=O)NCCn1nc(C)nc1C)C2. The zero-order chi connectivity index (χ0) is 17.1. The molecule has 7 heteroatoms. The van der Waals surface area contributed by atoms with Crippen LogP contribution >= 0.6 is 0 Å². The number of amides is 1. The molecule has 0 radical (unpaired) electrons. The highest BCUT2D eigenvalue weighted by atomic mass is 16.5. The highest BCUT2D eigenvalue weighted by Gasteiger charge is 2.26. The van der Waals surface area contributed by atoms with Crippen LogP contribution in [-0.4, -0.2) is 40.9 Å². The molecule has 0 saturated carbocycles. The summed E-state index contributed by atoms with van der Waals surface area (Å²) in [6.45, 7) is 5.28. The molecule has 1 atom stereocenters. The number of rotatable bonds is 5. The Kier molecular flexibility index (Phi) is 4.69. The second-order valence-corrected chi connectivity index (χ2v) is 5.91. The monoisotopic (exact) mass is 330 g/mol. The highest BCUT2D eigenvalue weighted by Crippen LogP contribution is 2.30. The Bertz CT molecular complexity index is 741. The predicted molar refractivity (Wildman–Crippen MR) is 88.2 cm³/mol. The number of carbonyl (C=O) groups is 1. The molecule has 3 rings (SSSR count). The Morgan fingerprint density at radius 1 is 1.46 bits per heavy atom. The number of hydrogen-bond donors (Lipinski definition) is 1. The summed E-state index contributed by atoms with van der Waals surface area (Å²) < 4.78 is 12.7. The molecule has 1 aromatic heterocycles. The van der Waals surface area contributed by atoms with Crippen molar-refractivity contribution in [3.8, 4) is 11.5 Å². The van der Waals surface area contributed by atoms with Crippen LogP contribution in [0.15, 0.2) is 18.2 Å². The standard InChI is InChI=1S/C17H22N4O3/c1-11-19-12(2)21(20-11)7-6-18-17(22)14-8-13-4-5-15(23-3)9-16(13)24-10-14/h4-5,9,14H,6-8,10H2,1-3H3,(H,18,22). The minimum absolute atomic E-state index is 0.00552. The molecule has 24 heavy (non-hydrogen) atoms. The van der Waals surface area contributed by atoms with Crippen LogP contribution in [0.25, 0.3) is 0 Å². The summed E-state index contributed by atoms with van der Waals surface area (Å²) in [6.07, 6.45) is 0.673. The molecule has 0 spiro atoms. The largest absolute Gasteiger partial charge is 0.497 e. The molecule has 7 nitrogen and oxygen atoms in total. The fourth-order valence-electron chi connectivity index (χ4n) is 2.85. The number of aromatic nitrogens is 3. The van der Waals surface area contributed by atoms with Crippen LogP contribution < -0.4 is 14.8 Å². The van der Waals surface area contributed by atoms with E-state index in [2.05, 4.69) is 15.4 Å². The molecule has 0 saturated heterocycles. The Hall–Kier alpha value is -2.57. The number of fused-ring (bicyclic) bond motifs is 1. The number of hydrogen-bond acceptors (Lipinski definition) is 5. The van der Waals surface area contributed by atoms with Gasteiger partial charge >= 0.3 is 0 Å². The van der Waals surface area contributed by atoms with Crippen molar-refractivity contribution in [3.63, 3.8) is 0 Å². The van der Waals surface area contributed by atoms with E-state index in [-0.39, 0.29) is 11.8 Å². The lowest BCUT2D eigenvalue weighted by Gasteiger charge is -2.25. The van der Waals surface area contributed by atoms with E-state index in [0.717, 1.165) is 28.7 Å². The van der Waals surface area contributed by atoms with E-state index in [1.165, 1.54) is 0 Å². The zero-order valence-electron chi connectivity index (χ0n) is 14.2. The molecule has 2 heterocycles. The van der Waals surface area contributed by atoms with Gasteiger partial charge in [-0.15, -0.1) is 0 Å². The van der Waals surface area contributed by atoms with Gasteiger partial charge < -0.3 is 14.8 Å². The van der Waals surface area contributed by atoms with Gasteiger partial charge in [0.1, 0.15) is 29.8 Å². The normalized spacial score (nSPS) is 16.2. The fourth-order valence-corrected chi connectivity index (χ4v) is 2.85. The van der Waals surface area contributed by atoms with Crippen molar-refractivity contribution in [1.82, 2.24) is 20.1 Å². The topological polar surface area (TPSA) is 78.3 Å². The van der Waals surface area contributed by atoms with Gasteiger partial charge in [-0.1, -0.05) is 6.07 Å². The minimum Gasteiger partial charge on any atom is -0.497 e. The van der Waals surface area contributed by atoms with Crippen molar-refractivity contribution < 1.29 is 14.3 Å². The van der Waals surface area contributed by atoms with Gasteiger partial charge in [-0.05, 0) is 31.9 Å². The van der Waals surface area contributed by atoms with Crippen LogP contribution in [0.4, 0.5) is 0 Å². The van der Waals surface area contributed by atoms with E-state index in [1.54, 1.807) is 11.8 Å². The van der Waals surface area contributed by atoms with E-state index in [9.17, 15) is 4.79 Å². The van der Waals surface area contributed by atoms with Gasteiger partial charge in [0.2, 0.25) is 5.91 Å². The number of ether oxygens (including phenoxy) is 2. The molecule has 0 bridgehead atoms. The molecule has 128 valence electrons. The summed E-state index contributed by atoms with van der Waals surface area (Å²) >= 11 is 0. The number of methoxy groups -OCH3 is 1. The van der Waals surface area contributed by atoms with Crippen molar-refractivity contribution in [2.45, 2.75) is 26.8 Å². The van der Waals surface area contributed by atoms with Crippen molar-refractivity contribution in [3.05, 3.63) is 35.4 Å². The molecule has 0 fully saturated rings. The maximum atomic E-state index is 12.4. The molecule has 1 N–H and O–H groups in total. The molecule has 1 unspecified atom stereocenters. The van der Waals surface area contributed by atoms with Crippen LogP contribution in [0.3, 0.4) is 0 Å². The van der Waals surface area contributed by atoms with Crippen LogP contribution in [-0.2, 0) is 17.8 Å². The van der Waals surface area contributed by atoms with E-state index in [0.29, 0.717) is 26.1 Å². The van der Waals surface area contributed by atoms with Gasteiger partial charge in [-0.25, -0.2) is 9.67 Å². The van der Waals surface area contributed by atoms with Gasteiger partial charge in [0.05, 0.1) is 19.6 Å². The summed E-state index contributed by atoms with van der Waals surface area (Å²) in [6, 6.07) is 5.70.